The molecule has 1 aromatic heterocycles. The molecule has 1 aromatic rings. The maximum Gasteiger partial charge on any atom is 0.425 e. The third kappa shape index (κ3) is 2.79. The minimum absolute atomic E-state index is 0.0935. The molecule has 0 aromatic carbocycles. The minimum atomic E-state index is -4.39. The number of nitrogens with zero attached hydrogens (tertiary/aromatic N) is 1. The quantitative estimate of drug-likeness (QED) is 0.804. The van der Waals surface area contributed by atoms with Crippen molar-refractivity contribution in [1.82, 2.24) is 4.98 Å². The van der Waals surface area contributed by atoms with Crippen LogP contribution in [0.5, 0.6) is 5.88 Å². The molecule has 0 spiro atoms. The van der Waals surface area contributed by atoms with Crippen LogP contribution >= 0.6 is 0 Å². The van der Waals surface area contributed by atoms with Gasteiger partial charge in [-0.2, -0.15) is 13.2 Å². The van der Waals surface area contributed by atoms with Crippen molar-refractivity contribution in [1.29, 1.82) is 0 Å². The van der Waals surface area contributed by atoms with Crippen LogP contribution < -0.4 is 10.5 Å². The second-order valence-electron chi connectivity index (χ2n) is 2.73. The number of halogens is 3. The Morgan fingerprint density at radius 3 is 2.50 bits per heavy atom. The van der Waals surface area contributed by atoms with Gasteiger partial charge in [0.1, 0.15) is 0 Å². The van der Waals surface area contributed by atoms with Crippen LogP contribution in [-0.2, 0) is 0 Å². The van der Waals surface area contributed by atoms with Gasteiger partial charge in [0.05, 0.1) is 11.9 Å². The topological polar surface area (TPSA) is 48.1 Å². The second-order valence-corrected chi connectivity index (χ2v) is 2.73. The Bertz CT molecular complexity index is 296. The number of nitrogens with two attached hydrogens (primary N) is 1. The molecule has 0 aliphatic carbocycles. The first-order valence-electron chi connectivity index (χ1n) is 3.84. The summed E-state index contributed by atoms with van der Waals surface area (Å²) in [6.07, 6.45) is -5.03. The van der Waals surface area contributed by atoms with Crippen LogP contribution in [-0.4, -0.2) is 17.3 Å². The number of ether oxygens (including phenoxy) is 1. The van der Waals surface area contributed by atoms with Gasteiger partial charge < -0.3 is 10.5 Å². The first-order chi connectivity index (χ1) is 6.39. The Balaban J connectivity index is 2.65. The van der Waals surface area contributed by atoms with E-state index in [2.05, 4.69) is 9.72 Å². The predicted octanol–water partition coefficient (Wildman–Crippen LogP) is 1.99. The normalized spacial score (nSPS) is 13.7. The number of pyridine rings is 1. The average Bonchev–Trinajstić information content (AvgIpc) is 2.07. The summed E-state index contributed by atoms with van der Waals surface area (Å²) in [6, 6.07) is 2.71. The third-order valence-corrected chi connectivity index (χ3v) is 1.52. The van der Waals surface area contributed by atoms with Gasteiger partial charge in [0.15, 0.2) is 6.10 Å². The molecule has 78 valence electrons. The highest BCUT2D eigenvalue weighted by Gasteiger charge is 2.38. The van der Waals surface area contributed by atoms with E-state index in [-0.39, 0.29) is 5.88 Å². The molecule has 0 unspecified atom stereocenters. The molecule has 0 saturated heterocycles. The molecule has 0 radical (unpaired) electrons. The van der Waals surface area contributed by atoms with Gasteiger partial charge in [-0.3, -0.25) is 0 Å². The summed E-state index contributed by atoms with van der Waals surface area (Å²) in [5.41, 5.74) is 5.68. The van der Waals surface area contributed by atoms with E-state index in [1.165, 1.54) is 18.3 Å². The molecule has 1 rings (SSSR count). The highest BCUT2D eigenvalue weighted by atomic mass is 19.4. The summed E-state index contributed by atoms with van der Waals surface area (Å²) in [5, 5.41) is 0. The van der Waals surface area contributed by atoms with Crippen molar-refractivity contribution in [3.8, 4) is 5.88 Å². The SMILES string of the molecule is C[C@H](Oc1ccc(N)cn1)C(F)(F)F. The second kappa shape index (κ2) is 3.73. The summed E-state index contributed by atoms with van der Waals surface area (Å²) < 4.78 is 40.7. The zero-order valence-electron chi connectivity index (χ0n) is 7.38. The van der Waals surface area contributed by atoms with Crippen LogP contribution in [0.3, 0.4) is 0 Å². The van der Waals surface area contributed by atoms with Crippen molar-refractivity contribution in [2.45, 2.75) is 19.2 Å². The van der Waals surface area contributed by atoms with Gasteiger partial charge in [-0.1, -0.05) is 0 Å². The lowest BCUT2D eigenvalue weighted by atomic mass is 10.4. The monoisotopic (exact) mass is 206 g/mol. The number of nitrogen functional groups attached to an aromatic ring is 1. The van der Waals surface area contributed by atoms with Gasteiger partial charge in [0.25, 0.3) is 0 Å². The molecular formula is C8H9F3N2O. The molecule has 0 saturated carbocycles. The lowest BCUT2D eigenvalue weighted by Gasteiger charge is -2.16. The summed E-state index contributed by atoms with van der Waals surface area (Å²) in [4.78, 5) is 3.58. The number of anilines is 1. The van der Waals surface area contributed by atoms with Crippen LogP contribution in [0, 0.1) is 0 Å². The zero-order valence-corrected chi connectivity index (χ0v) is 7.38. The predicted molar refractivity (Wildman–Crippen MR) is 44.8 cm³/mol. The lowest BCUT2D eigenvalue weighted by Crippen LogP contribution is -2.31. The number of hydrogen-bond acceptors (Lipinski definition) is 3. The number of rotatable bonds is 2. The molecule has 1 atom stereocenters. The van der Waals surface area contributed by atoms with Gasteiger partial charge in [-0.25, -0.2) is 4.98 Å². The van der Waals surface area contributed by atoms with Gasteiger partial charge in [-0.05, 0) is 13.0 Å². The van der Waals surface area contributed by atoms with E-state index in [0.717, 1.165) is 6.92 Å². The smallest absolute Gasteiger partial charge is 0.425 e. The van der Waals surface area contributed by atoms with E-state index in [1.807, 2.05) is 0 Å². The maximum absolute atomic E-state index is 12.0. The molecule has 0 amide bonds. The largest absolute Gasteiger partial charge is 0.465 e. The fourth-order valence-electron chi connectivity index (χ4n) is 0.709. The summed E-state index contributed by atoms with van der Waals surface area (Å²) in [6.45, 7) is 0.915. The number of aromatic nitrogens is 1. The first kappa shape index (κ1) is 10.6. The summed E-state index contributed by atoms with van der Waals surface area (Å²) in [7, 11) is 0. The summed E-state index contributed by atoms with van der Waals surface area (Å²) in [5.74, 6) is -0.0935. The molecular weight excluding hydrogens is 197 g/mol. The van der Waals surface area contributed by atoms with Crippen LogP contribution in [0.15, 0.2) is 18.3 Å². The Hall–Kier alpha value is -1.46. The van der Waals surface area contributed by atoms with Crippen LogP contribution in [0.25, 0.3) is 0 Å². The minimum Gasteiger partial charge on any atom is -0.465 e. The first-order valence-corrected chi connectivity index (χ1v) is 3.84. The van der Waals surface area contributed by atoms with E-state index in [1.54, 1.807) is 0 Å². The Morgan fingerprint density at radius 1 is 1.43 bits per heavy atom. The van der Waals surface area contributed by atoms with E-state index in [4.69, 9.17) is 5.73 Å². The molecule has 2 N–H and O–H groups in total. The van der Waals surface area contributed by atoms with Crippen molar-refractivity contribution >= 4 is 5.69 Å². The van der Waals surface area contributed by atoms with Crippen LogP contribution in [0.1, 0.15) is 6.92 Å². The maximum atomic E-state index is 12.0. The Kier molecular flexibility index (Phi) is 2.83. The molecule has 0 aliphatic rings. The van der Waals surface area contributed by atoms with Crippen LogP contribution in [0.2, 0.25) is 0 Å². The van der Waals surface area contributed by atoms with Gasteiger partial charge in [0.2, 0.25) is 5.88 Å². The summed E-state index contributed by atoms with van der Waals surface area (Å²) >= 11 is 0. The van der Waals surface area contributed by atoms with Gasteiger partial charge >= 0.3 is 6.18 Å². The molecule has 0 bridgehead atoms. The number of hydrogen-bond donors (Lipinski definition) is 1. The van der Waals surface area contributed by atoms with Crippen molar-refractivity contribution in [2.75, 3.05) is 5.73 Å². The molecule has 1 heterocycles. The van der Waals surface area contributed by atoms with Gasteiger partial charge in [-0.15, -0.1) is 0 Å². The van der Waals surface area contributed by atoms with E-state index < -0.39 is 12.3 Å². The van der Waals surface area contributed by atoms with E-state index in [0.29, 0.717) is 5.69 Å². The third-order valence-electron chi connectivity index (χ3n) is 1.52. The van der Waals surface area contributed by atoms with Crippen molar-refractivity contribution < 1.29 is 17.9 Å². The van der Waals surface area contributed by atoms with Crippen molar-refractivity contribution in [3.63, 3.8) is 0 Å². The average molecular weight is 206 g/mol. The molecule has 3 nitrogen and oxygen atoms in total. The molecule has 0 aliphatic heterocycles. The Morgan fingerprint density at radius 2 is 2.07 bits per heavy atom. The van der Waals surface area contributed by atoms with Crippen molar-refractivity contribution in [3.05, 3.63) is 18.3 Å². The van der Waals surface area contributed by atoms with Crippen LogP contribution in [0.4, 0.5) is 18.9 Å². The highest BCUT2D eigenvalue weighted by molar-refractivity contribution is 5.35. The highest BCUT2D eigenvalue weighted by Crippen LogP contribution is 2.23. The fraction of sp³-hybridized carbons (Fsp3) is 0.375. The van der Waals surface area contributed by atoms with E-state index >= 15 is 0 Å². The van der Waals surface area contributed by atoms with E-state index in [9.17, 15) is 13.2 Å². The molecule has 14 heavy (non-hydrogen) atoms. The molecule has 0 fully saturated rings. The fourth-order valence-corrected chi connectivity index (χ4v) is 0.709. The zero-order chi connectivity index (χ0) is 10.8. The standard InChI is InChI=1S/C8H9F3N2O/c1-5(8(9,10)11)14-7-3-2-6(12)4-13-7/h2-5H,12H2,1H3/t5-/m0/s1. The van der Waals surface area contributed by atoms with Crippen molar-refractivity contribution in [2.24, 2.45) is 0 Å². The lowest BCUT2D eigenvalue weighted by molar-refractivity contribution is -0.189. The van der Waals surface area contributed by atoms with Gasteiger partial charge in [0, 0.05) is 6.07 Å². The number of alkyl halides is 3. The molecule has 6 heteroatoms. The Labute approximate surface area is 78.7 Å².